The van der Waals surface area contributed by atoms with Gasteiger partial charge in [-0.25, -0.2) is 0 Å². The van der Waals surface area contributed by atoms with E-state index in [1.165, 1.54) is 76.8 Å². The Morgan fingerprint density at radius 3 is 1.40 bits per heavy atom. The number of benzene rings is 10. The van der Waals surface area contributed by atoms with Crippen molar-refractivity contribution in [3.63, 3.8) is 0 Å². The minimum Gasteiger partial charge on any atom is -0.311 e. The summed E-state index contributed by atoms with van der Waals surface area (Å²) in [6.07, 6.45) is 0. The molecule has 10 aromatic carbocycles. The highest BCUT2D eigenvalue weighted by Crippen LogP contribution is 2.43. The van der Waals surface area contributed by atoms with Gasteiger partial charge in [-0.3, -0.25) is 0 Å². The van der Waals surface area contributed by atoms with Gasteiger partial charge in [0.25, 0.3) is 0 Å². The molecule has 55 heavy (non-hydrogen) atoms. The second kappa shape index (κ2) is 14.0. The van der Waals surface area contributed by atoms with E-state index in [2.05, 4.69) is 229 Å². The second-order valence-corrected chi connectivity index (χ2v) is 14.1. The fourth-order valence-electron chi connectivity index (χ4n) is 8.19. The standard InChI is InChI=1S/C54H37N/c1-4-14-38(15-5-1)39-26-31-46(32-27-39)55(45-19-8-3-9-20-45)47-33-28-42(29-34-47)52-36-43(30-35-48(52)40-16-6-2-7-17-40)53-37-44-25-24-41-18-10-11-21-49(41)54(44)51-23-13-12-22-50(51)53/h1-37H. The van der Waals surface area contributed by atoms with Gasteiger partial charge in [-0.2, -0.15) is 0 Å². The van der Waals surface area contributed by atoms with Crippen molar-refractivity contribution >= 4 is 49.4 Å². The predicted octanol–water partition coefficient (Wildman–Crippen LogP) is 15.3. The zero-order valence-corrected chi connectivity index (χ0v) is 30.3. The van der Waals surface area contributed by atoms with E-state index >= 15 is 0 Å². The fraction of sp³-hybridized carbons (Fsp3) is 0. The Balaban J connectivity index is 1.10. The van der Waals surface area contributed by atoms with Crippen molar-refractivity contribution in [3.05, 3.63) is 224 Å². The van der Waals surface area contributed by atoms with Gasteiger partial charge in [0.15, 0.2) is 0 Å². The Kier molecular flexibility index (Phi) is 8.24. The molecule has 0 saturated carbocycles. The van der Waals surface area contributed by atoms with Gasteiger partial charge in [0.2, 0.25) is 0 Å². The Labute approximate surface area is 322 Å². The van der Waals surface area contributed by atoms with Crippen LogP contribution in [-0.4, -0.2) is 0 Å². The van der Waals surface area contributed by atoms with Crippen LogP contribution in [0.2, 0.25) is 0 Å². The van der Waals surface area contributed by atoms with Crippen molar-refractivity contribution in [1.82, 2.24) is 0 Å². The van der Waals surface area contributed by atoms with Crippen molar-refractivity contribution in [1.29, 1.82) is 0 Å². The smallest absolute Gasteiger partial charge is 0.0462 e. The van der Waals surface area contributed by atoms with Crippen molar-refractivity contribution in [2.75, 3.05) is 4.90 Å². The highest BCUT2D eigenvalue weighted by molar-refractivity contribution is 6.23. The van der Waals surface area contributed by atoms with Crippen LogP contribution in [0.3, 0.4) is 0 Å². The molecule has 0 N–H and O–H groups in total. The van der Waals surface area contributed by atoms with Gasteiger partial charge in [-0.05, 0) is 125 Å². The van der Waals surface area contributed by atoms with Crippen LogP contribution in [0.4, 0.5) is 17.1 Å². The summed E-state index contributed by atoms with van der Waals surface area (Å²) in [6, 6.07) is 81.4. The number of fused-ring (bicyclic) bond motifs is 5. The summed E-state index contributed by atoms with van der Waals surface area (Å²) in [6.45, 7) is 0. The molecule has 10 aromatic rings. The average Bonchev–Trinajstić information content (AvgIpc) is 3.27. The van der Waals surface area contributed by atoms with E-state index in [-0.39, 0.29) is 0 Å². The first kappa shape index (κ1) is 32.4. The zero-order chi connectivity index (χ0) is 36.6. The minimum absolute atomic E-state index is 1.10. The van der Waals surface area contributed by atoms with Crippen LogP contribution in [0.5, 0.6) is 0 Å². The third kappa shape index (κ3) is 6.02. The highest BCUT2D eigenvalue weighted by atomic mass is 15.1. The number of hydrogen-bond donors (Lipinski definition) is 0. The molecule has 0 fully saturated rings. The Morgan fingerprint density at radius 1 is 0.236 bits per heavy atom. The van der Waals surface area contributed by atoms with Crippen molar-refractivity contribution in [2.24, 2.45) is 0 Å². The first-order chi connectivity index (χ1) is 27.3. The van der Waals surface area contributed by atoms with E-state index in [0.717, 1.165) is 17.1 Å². The lowest BCUT2D eigenvalue weighted by Gasteiger charge is -2.26. The lowest BCUT2D eigenvalue weighted by molar-refractivity contribution is 1.28. The zero-order valence-electron chi connectivity index (χ0n) is 30.3. The first-order valence-electron chi connectivity index (χ1n) is 18.9. The quantitative estimate of drug-likeness (QED) is 0.150. The molecule has 0 bridgehead atoms. The molecule has 0 aliphatic rings. The Morgan fingerprint density at radius 2 is 0.709 bits per heavy atom. The Bertz CT molecular complexity index is 2930. The minimum atomic E-state index is 1.10. The molecule has 0 heterocycles. The molecule has 10 rings (SSSR count). The summed E-state index contributed by atoms with van der Waals surface area (Å²) < 4.78 is 0. The maximum atomic E-state index is 2.39. The molecule has 0 radical (unpaired) electrons. The van der Waals surface area contributed by atoms with Gasteiger partial charge in [-0.15, -0.1) is 0 Å². The third-order valence-corrected chi connectivity index (χ3v) is 10.8. The van der Waals surface area contributed by atoms with Gasteiger partial charge in [0.05, 0.1) is 0 Å². The normalized spacial score (nSPS) is 11.3. The third-order valence-electron chi connectivity index (χ3n) is 10.8. The van der Waals surface area contributed by atoms with E-state index in [4.69, 9.17) is 0 Å². The van der Waals surface area contributed by atoms with Crippen LogP contribution >= 0.6 is 0 Å². The van der Waals surface area contributed by atoms with Crippen LogP contribution in [-0.2, 0) is 0 Å². The van der Waals surface area contributed by atoms with Crippen molar-refractivity contribution in [3.8, 4) is 44.5 Å². The molecule has 0 spiro atoms. The topological polar surface area (TPSA) is 3.24 Å². The maximum absolute atomic E-state index is 2.39. The summed E-state index contributed by atoms with van der Waals surface area (Å²) in [4.78, 5) is 2.33. The number of anilines is 3. The number of para-hydroxylation sites is 1. The van der Waals surface area contributed by atoms with E-state index in [0.29, 0.717) is 0 Å². The summed E-state index contributed by atoms with van der Waals surface area (Å²) in [5, 5.41) is 7.66. The molecular formula is C54H37N. The predicted molar refractivity (Wildman–Crippen MR) is 235 cm³/mol. The van der Waals surface area contributed by atoms with E-state index in [1.54, 1.807) is 0 Å². The maximum Gasteiger partial charge on any atom is 0.0462 e. The number of nitrogens with zero attached hydrogens (tertiary/aromatic N) is 1. The largest absolute Gasteiger partial charge is 0.311 e. The van der Waals surface area contributed by atoms with E-state index < -0.39 is 0 Å². The van der Waals surface area contributed by atoms with E-state index in [1.807, 2.05) is 0 Å². The van der Waals surface area contributed by atoms with Crippen LogP contribution < -0.4 is 4.90 Å². The summed E-state index contributed by atoms with van der Waals surface area (Å²) in [5.41, 5.74) is 13.0. The molecule has 0 aliphatic heterocycles. The lowest BCUT2D eigenvalue weighted by Crippen LogP contribution is -2.09. The average molecular weight is 700 g/mol. The summed E-state index contributed by atoms with van der Waals surface area (Å²) in [5.74, 6) is 0. The van der Waals surface area contributed by atoms with Crippen LogP contribution in [0, 0.1) is 0 Å². The second-order valence-electron chi connectivity index (χ2n) is 14.1. The van der Waals surface area contributed by atoms with Gasteiger partial charge in [0.1, 0.15) is 0 Å². The summed E-state index contributed by atoms with van der Waals surface area (Å²) in [7, 11) is 0. The van der Waals surface area contributed by atoms with E-state index in [9.17, 15) is 0 Å². The molecular weight excluding hydrogens is 663 g/mol. The van der Waals surface area contributed by atoms with Gasteiger partial charge >= 0.3 is 0 Å². The van der Waals surface area contributed by atoms with Gasteiger partial charge in [-0.1, -0.05) is 176 Å². The highest BCUT2D eigenvalue weighted by Gasteiger charge is 2.17. The summed E-state index contributed by atoms with van der Waals surface area (Å²) >= 11 is 0. The number of hydrogen-bond acceptors (Lipinski definition) is 1. The van der Waals surface area contributed by atoms with Crippen molar-refractivity contribution < 1.29 is 0 Å². The van der Waals surface area contributed by atoms with Gasteiger partial charge < -0.3 is 4.90 Å². The SMILES string of the molecule is c1ccc(-c2ccc(N(c3ccccc3)c3ccc(-c4cc(-c5cc6ccc7ccccc7c6c6ccccc56)ccc4-c4ccccc4)cc3)cc2)cc1. The lowest BCUT2D eigenvalue weighted by atomic mass is 9.87. The van der Waals surface area contributed by atoms with Crippen molar-refractivity contribution in [2.45, 2.75) is 0 Å². The monoisotopic (exact) mass is 699 g/mol. The molecule has 0 amide bonds. The molecule has 1 heteroatoms. The van der Waals surface area contributed by atoms with Crippen LogP contribution in [0.25, 0.3) is 76.8 Å². The molecule has 0 unspecified atom stereocenters. The number of rotatable bonds is 7. The fourth-order valence-corrected chi connectivity index (χ4v) is 8.19. The molecule has 0 saturated heterocycles. The molecule has 1 nitrogen and oxygen atoms in total. The van der Waals surface area contributed by atoms with Crippen LogP contribution in [0.1, 0.15) is 0 Å². The molecule has 0 atom stereocenters. The first-order valence-corrected chi connectivity index (χ1v) is 18.9. The molecule has 0 aliphatic carbocycles. The Hall–Kier alpha value is -7.22. The van der Waals surface area contributed by atoms with Gasteiger partial charge in [0, 0.05) is 17.1 Å². The molecule has 0 aromatic heterocycles. The molecule has 258 valence electrons. The van der Waals surface area contributed by atoms with Crippen LogP contribution in [0.15, 0.2) is 224 Å².